The summed E-state index contributed by atoms with van der Waals surface area (Å²) in [6, 6.07) is 7.72. The summed E-state index contributed by atoms with van der Waals surface area (Å²) < 4.78 is 11.2. The van der Waals surface area contributed by atoms with Gasteiger partial charge in [-0.15, -0.1) is 0 Å². The Kier molecular flexibility index (Phi) is 6.49. The summed E-state index contributed by atoms with van der Waals surface area (Å²) in [6.07, 6.45) is 0. The summed E-state index contributed by atoms with van der Waals surface area (Å²) in [5.74, 6) is 1.97. The maximum Gasteiger partial charge on any atom is 0.228 e. The van der Waals surface area contributed by atoms with Crippen LogP contribution < -0.4 is 9.47 Å². The molecule has 1 aliphatic rings. The maximum absolute atomic E-state index is 12.3. The monoisotopic (exact) mass is 334 g/mol. The van der Waals surface area contributed by atoms with Crippen LogP contribution in [0.25, 0.3) is 0 Å². The lowest BCUT2D eigenvalue weighted by Gasteiger charge is -2.37. The van der Waals surface area contributed by atoms with Gasteiger partial charge >= 0.3 is 0 Å². The number of piperazine rings is 1. The van der Waals surface area contributed by atoms with Crippen LogP contribution >= 0.6 is 0 Å². The highest BCUT2D eigenvalue weighted by atomic mass is 16.5. The predicted octanol–water partition coefficient (Wildman–Crippen LogP) is 2.65. The van der Waals surface area contributed by atoms with E-state index >= 15 is 0 Å². The molecule has 1 amide bonds. The van der Waals surface area contributed by atoms with Crippen molar-refractivity contribution in [2.75, 3.05) is 45.9 Å². The number of ether oxygens (including phenoxy) is 2. The van der Waals surface area contributed by atoms with Gasteiger partial charge in [-0.1, -0.05) is 20.8 Å². The normalized spacial score (nSPS) is 16.1. The quantitative estimate of drug-likeness (QED) is 0.802. The van der Waals surface area contributed by atoms with Crippen molar-refractivity contribution < 1.29 is 14.3 Å². The number of carbonyl (C=O) groups excluding carboxylic acids is 1. The minimum absolute atomic E-state index is 0.243. The molecule has 0 spiro atoms. The summed E-state index contributed by atoms with van der Waals surface area (Å²) in [5, 5.41) is 0. The Balaban J connectivity index is 1.68. The SMILES string of the molecule is CCOc1ccc(OCCN2CCN(C(=O)C(C)(C)C)CC2)cc1. The molecule has 134 valence electrons. The average molecular weight is 334 g/mol. The van der Waals surface area contributed by atoms with Crippen molar-refractivity contribution in [3.8, 4) is 11.5 Å². The van der Waals surface area contributed by atoms with Gasteiger partial charge in [-0.2, -0.15) is 0 Å². The first-order chi connectivity index (χ1) is 11.4. The fourth-order valence-corrected chi connectivity index (χ4v) is 2.74. The maximum atomic E-state index is 12.3. The molecule has 5 nitrogen and oxygen atoms in total. The van der Waals surface area contributed by atoms with Crippen LogP contribution in [-0.4, -0.2) is 61.6 Å². The van der Waals surface area contributed by atoms with E-state index in [9.17, 15) is 4.79 Å². The highest BCUT2D eigenvalue weighted by molar-refractivity contribution is 5.81. The predicted molar refractivity (Wildman–Crippen MR) is 95.6 cm³/mol. The zero-order valence-electron chi connectivity index (χ0n) is 15.4. The molecule has 0 aliphatic carbocycles. The molecule has 5 heteroatoms. The summed E-state index contributed by atoms with van der Waals surface area (Å²) >= 11 is 0. The molecule has 1 aromatic carbocycles. The Morgan fingerprint density at radius 2 is 1.54 bits per heavy atom. The van der Waals surface area contributed by atoms with E-state index in [-0.39, 0.29) is 11.3 Å². The van der Waals surface area contributed by atoms with Crippen LogP contribution in [0.2, 0.25) is 0 Å². The van der Waals surface area contributed by atoms with Crippen LogP contribution in [0.1, 0.15) is 27.7 Å². The summed E-state index contributed by atoms with van der Waals surface area (Å²) in [5.41, 5.74) is -0.293. The van der Waals surface area contributed by atoms with Gasteiger partial charge in [0.2, 0.25) is 5.91 Å². The van der Waals surface area contributed by atoms with Gasteiger partial charge in [0.05, 0.1) is 6.61 Å². The van der Waals surface area contributed by atoms with Crippen LogP contribution in [-0.2, 0) is 4.79 Å². The van der Waals surface area contributed by atoms with Crippen LogP contribution in [0, 0.1) is 5.41 Å². The molecular formula is C19H30N2O3. The van der Waals surface area contributed by atoms with Crippen molar-refractivity contribution in [2.24, 2.45) is 5.41 Å². The number of amides is 1. The third-order valence-electron chi connectivity index (χ3n) is 4.11. The second-order valence-electron chi connectivity index (χ2n) is 7.14. The van der Waals surface area contributed by atoms with Gasteiger partial charge < -0.3 is 14.4 Å². The molecule has 1 saturated heterocycles. The number of benzene rings is 1. The van der Waals surface area contributed by atoms with Crippen molar-refractivity contribution >= 4 is 5.91 Å². The third-order valence-corrected chi connectivity index (χ3v) is 4.11. The zero-order chi connectivity index (χ0) is 17.6. The molecule has 0 radical (unpaired) electrons. The Labute approximate surface area is 145 Å². The fraction of sp³-hybridized carbons (Fsp3) is 0.632. The van der Waals surface area contributed by atoms with E-state index in [2.05, 4.69) is 4.90 Å². The molecule has 0 N–H and O–H groups in total. The number of nitrogens with zero attached hydrogens (tertiary/aromatic N) is 2. The van der Waals surface area contributed by atoms with Crippen molar-refractivity contribution in [3.63, 3.8) is 0 Å². The average Bonchev–Trinajstić information content (AvgIpc) is 2.56. The molecule has 0 bridgehead atoms. The first-order valence-electron chi connectivity index (χ1n) is 8.77. The molecular weight excluding hydrogens is 304 g/mol. The minimum atomic E-state index is -0.293. The van der Waals surface area contributed by atoms with Crippen LogP contribution in [0.15, 0.2) is 24.3 Å². The molecule has 0 aromatic heterocycles. The van der Waals surface area contributed by atoms with Crippen LogP contribution in [0.4, 0.5) is 0 Å². The van der Waals surface area contributed by atoms with Crippen molar-refractivity contribution in [2.45, 2.75) is 27.7 Å². The lowest BCUT2D eigenvalue weighted by molar-refractivity contribution is -0.141. The van der Waals surface area contributed by atoms with E-state index in [1.165, 1.54) is 0 Å². The number of hydrogen-bond acceptors (Lipinski definition) is 4. The molecule has 1 heterocycles. The van der Waals surface area contributed by atoms with Gasteiger partial charge in [0, 0.05) is 38.1 Å². The highest BCUT2D eigenvalue weighted by Crippen LogP contribution is 2.19. The van der Waals surface area contributed by atoms with E-state index in [1.54, 1.807) is 0 Å². The number of carbonyl (C=O) groups is 1. The Hall–Kier alpha value is -1.75. The molecule has 2 rings (SSSR count). The van der Waals surface area contributed by atoms with Crippen LogP contribution in [0.3, 0.4) is 0 Å². The van der Waals surface area contributed by atoms with Crippen molar-refractivity contribution in [1.82, 2.24) is 9.80 Å². The van der Waals surface area contributed by atoms with Gasteiger partial charge in [0.25, 0.3) is 0 Å². The van der Waals surface area contributed by atoms with E-state index in [0.29, 0.717) is 13.2 Å². The molecule has 0 saturated carbocycles. The van der Waals surface area contributed by atoms with Gasteiger partial charge in [-0.05, 0) is 31.2 Å². The molecule has 0 unspecified atom stereocenters. The molecule has 1 aromatic rings. The number of hydrogen-bond donors (Lipinski definition) is 0. The van der Waals surface area contributed by atoms with E-state index in [4.69, 9.17) is 9.47 Å². The van der Waals surface area contributed by atoms with E-state index < -0.39 is 0 Å². The molecule has 1 aliphatic heterocycles. The van der Waals surface area contributed by atoms with Gasteiger partial charge in [-0.25, -0.2) is 0 Å². The second-order valence-corrected chi connectivity index (χ2v) is 7.14. The fourth-order valence-electron chi connectivity index (χ4n) is 2.74. The smallest absolute Gasteiger partial charge is 0.228 e. The lowest BCUT2D eigenvalue weighted by Crippen LogP contribution is -2.52. The summed E-state index contributed by atoms with van der Waals surface area (Å²) in [7, 11) is 0. The minimum Gasteiger partial charge on any atom is -0.494 e. The highest BCUT2D eigenvalue weighted by Gasteiger charge is 2.29. The van der Waals surface area contributed by atoms with Gasteiger partial charge in [0.1, 0.15) is 18.1 Å². The second kappa shape index (κ2) is 8.38. The number of rotatable bonds is 6. The Bertz CT molecular complexity index is 514. The zero-order valence-corrected chi connectivity index (χ0v) is 15.4. The lowest BCUT2D eigenvalue weighted by atomic mass is 9.94. The van der Waals surface area contributed by atoms with Crippen LogP contribution in [0.5, 0.6) is 11.5 Å². The molecule has 1 fully saturated rings. The summed E-state index contributed by atoms with van der Waals surface area (Å²) in [4.78, 5) is 16.6. The Morgan fingerprint density at radius 1 is 1.00 bits per heavy atom. The topological polar surface area (TPSA) is 42.0 Å². The first-order valence-corrected chi connectivity index (χ1v) is 8.77. The molecule has 24 heavy (non-hydrogen) atoms. The van der Waals surface area contributed by atoms with E-state index in [0.717, 1.165) is 44.2 Å². The largest absolute Gasteiger partial charge is 0.494 e. The standard InChI is InChI=1S/C19H30N2O3/c1-5-23-16-6-8-17(9-7-16)24-15-14-20-10-12-21(13-11-20)18(22)19(2,3)4/h6-9H,5,10-15H2,1-4H3. The van der Waals surface area contributed by atoms with Gasteiger partial charge in [0.15, 0.2) is 0 Å². The van der Waals surface area contributed by atoms with E-state index in [1.807, 2.05) is 56.9 Å². The first kappa shape index (κ1) is 18.6. The van der Waals surface area contributed by atoms with Crippen molar-refractivity contribution in [3.05, 3.63) is 24.3 Å². The summed E-state index contributed by atoms with van der Waals surface area (Å²) in [6.45, 7) is 13.5. The van der Waals surface area contributed by atoms with Gasteiger partial charge in [-0.3, -0.25) is 9.69 Å². The third kappa shape index (κ3) is 5.41. The Morgan fingerprint density at radius 3 is 2.04 bits per heavy atom. The van der Waals surface area contributed by atoms with Crippen molar-refractivity contribution in [1.29, 1.82) is 0 Å². The molecule has 0 atom stereocenters.